The van der Waals surface area contributed by atoms with Gasteiger partial charge in [-0.2, -0.15) is 13.2 Å². The lowest BCUT2D eigenvalue weighted by molar-refractivity contribution is -0.137. The van der Waals surface area contributed by atoms with Gasteiger partial charge in [0.2, 0.25) is 11.8 Å². The molecule has 15 heteroatoms. The summed E-state index contributed by atoms with van der Waals surface area (Å²) in [5.74, 6) is -2.85. The van der Waals surface area contributed by atoms with Gasteiger partial charge in [-0.15, -0.1) is 0 Å². The van der Waals surface area contributed by atoms with Gasteiger partial charge in [-0.3, -0.25) is 19.2 Å². The predicted molar refractivity (Wildman–Crippen MR) is 165 cm³/mol. The highest BCUT2D eigenvalue weighted by molar-refractivity contribution is 9.10. The van der Waals surface area contributed by atoms with E-state index in [0.29, 0.717) is 21.2 Å². The van der Waals surface area contributed by atoms with Crippen LogP contribution in [-0.2, 0) is 20.6 Å². The van der Waals surface area contributed by atoms with Crippen molar-refractivity contribution in [3.63, 3.8) is 0 Å². The highest BCUT2D eigenvalue weighted by Gasteiger charge is 2.56. The summed E-state index contributed by atoms with van der Waals surface area (Å²) in [5.41, 5.74) is -0.404. The zero-order chi connectivity index (χ0) is 32.0. The molecule has 3 atom stereocenters. The average molecular weight is 721 g/mol. The maximum Gasteiger partial charge on any atom is 0.418 e. The number of fused-ring (bicyclic) bond motifs is 2. The number of amides is 3. The van der Waals surface area contributed by atoms with Crippen molar-refractivity contribution < 1.29 is 37.0 Å². The number of methoxy groups -OCH3 is 1. The van der Waals surface area contributed by atoms with E-state index in [9.17, 15) is 32.3 Å². The molecule has 1 saturated heterocycles. The number of H-pyrrole nitrogens is 1. The van der Waals surface area contributed by atoms with Crippen LogP contribution >= 0.6 is 39.0 Å². The van der Waals surface area contributed by atoms with Gasteiger partial charge in [-0.05, 0) is 54.1 Å². The van der Waals surface area contributed by atoms with Crippen LogP contribution in [0.2, 0.25) is 0 Å². The smallest absolute Gasteiger partial charge is 0.418 e. The zero-order valence-corrected chi connectivity index (χ0v) is 26.2. The first kappa shape index (κ1) is 30.9. The van der Waals surface area contributed by atoms with E-state index in [2.05, 4.69) is 26.2 Å². The number of ether oxygens (including phenoxy) is 2. The molecular weight excluding hydrogens is 699 g/mol. The molecule has 1 fully saturated rings. The largest absolute Gasteiger partial charge is 0.493 e. The lowest BCUT2D eigenvalue weighted by atomic mass is 9.83. The van der Waals surface area contributed by atoms with Crippen LogP contribution in [0.4, 0.5) is 24.5 Å². The van der Waals surface area contributed by atoms with Crippen molar-refractivity contribution >= 4 is 68.1 Å². The van der Waals surface area contributed by atoms with E-state index >= 15 is 0 Å². The number of hydrogen-bond donors (Lipinski definition) is 2. The molecule has 3 aromatic carbocycles. The number of hydrogen-bond acceptors (Lipinski definition) is 8. The molecule has 6 rings (SSSR count). The summed E-state index contributed by atoms with van der Waals surface area (Å²) in [7, 11) is 1.37. The predicted octanol–water partition coefficient (Wildman–Crippen LogP) is 6.04. The molecule has 3 heterocycles. The molecule has 3 unspecified atom stereocenters. The first-order valence-corrected chi connectivity index (χ1v) is 15.7. The lowest BCUT2D eigenvalue weighted by Gasteiger charge is -2.30. The summed E-state index contributed by atoms with van der Waals surface area (Å²) in [6.45, 7) is -0.620. The number of para-hydroxylation sites is 1. The Bertz CT molecular complexity index is 1880. The van der Waals surface area contributed by atoms with Gasteiger partial charge in [0, 0.05) is 15.3 Å². The van der Waals surface area contributed by atoms with Crippen LogP contribution in [0.1, 0.15) is 21.9 Å². The van der Waals surface area contributed by atoms with Crippen molar-refractivity contribution in [3.05, 3.63) is 96.9 Å². The molecule has 0 spiro atoms. The van der Waals surface area contributed by atoms with E-state index in [0.717, 1.165) is 39.7 Å². The standard InChI is InChI=1S/C30H21BrF3N3O6S2/c1-42-20-12-14(6-11-19(20)43-13-21(38)35-18-5-3-2-4-17(18)30(32,33)34)22-23-25(44-26-24(22)45-29(41)36-26)28(40)37(27(23)39)16-9-7-15(31)8-10-16/h2-12,22-23,25H,13H2,1H3,(H,35,38)(H,36,41). The van der Waals surface area contributed by atoms with E-state index in [4.69, 9.17) is 9.47 Å². The quantitative estimate of drug-likeness (QED) is 0.224. The van der Waals surface area contributed by atoms with Gasteiger partial charge < -0.3 is 19.8 Å². The van der Waals surface area contributed by atoms with Crippen molar-refractivity contribution in [3.8, 4) is 11.5 Å². The van der Waals surface area contributed by atoms with Crippen molar-refractivity contribution in [2.24, 2.45) is 5.92 Å². The maximum atomic E-state index is 13.9. The molecule has 2 aliphatic heterocycles. The van der Waals surface area contributed by atoms with E-state index in [1.165, 1.54) is 30.2 Å². The van der Waals surface area contributed by atoms with E-state index < -0.39 is 58.8 Å². The highest BCUT2D eigenvalue weighted by Crippen LogP contribution is 2.53. The first-order chi connectivity index (χ1) is 21.5. The van der Waals surface area contributed by atoms with Crippen molar-refractivity contribution in [2.75, 3.05) is 23.9 Å². The van der Waals surface area contributed by atoms with E-state index in [1.54, 1.807) is 36.4 Å². The van der Waals surface area contributed by atoms with Gasteiger partial charge in [0.15, 0.2) is 18.1 Å². The van der Waals surface area contributed by atoms with Crippen LogP contribution in [0, 0.1) is 5.92 Å². The summed E-state index contributed by atoms with van der Waals surface area (Å²) in [4.78, 5) is 56.6. The van der Waals surface area contributed by atoms with Crippen LogP contribution in [0.5, 0.6) is 11.5 Å². The Morgan fingerprint density at radius 2 is 1.76 bits per heavy atom. The molecular formula is C30H21BrF3N3O6S2. The number of thioether (sulfide) groups is 1. The maximum absolute atomic E-state index is 13.9. The number of aromatic amines is 1. The molecule has 0 bridgehead atoms. The van der Waals surface area contributed by atoms with Gasteiger partial charge in [0.25, 0.3) is 5.91 Å². The number of thiazole rings is 1. The molecule has 2 N–H and O–H groups in total. The molecule has 45 heavy (non-hydrogen) atoms. The number of alkyl halides is 3. The van der Waals surface area contributed by atoms with Crippen molar-refractivity contribution in [1.29, 1.82) is 0 Å². The Hall–Kier alpha value is -4.08. The second-order valence-electron chi connectivity index (χ2n) is 10.0. The second kappa shape index (κ2) is 12.0. The van der Waals surface area contributed by atoms with Gasteiger partial charge in [-0.25, -0.2) is 4.90 Å². The number of benzene rings is 3. The van der Waals surface area contributed by atoms with Gasteiger partial charge in [-0.1, -0.05) is 57.2 Å². The van der Waals surface area contributed by atoms with Crippen LogP contribution in [0.15, 0.2) is 81.0 Å². The van der Waals surface area contributed by atoms with Crippen LogP contribution < -0.4 is 24.6 Å². The van der Waals surface area contributed by atoms with Crippen molar-refractivity contribution in [1.82, 2.24) is 4.98 Å². The third kappa shape index (κ3) is 5.87. The molecule has 2 aliphatic rings. The molecule has 232 valence electrons. The summed E-state index contributed by atoms with van der Waals surface area (Å²) in [6.07, 6.45) is -4.66. The summed E-state index contributed by atoms with van der Waals surface area (Å²) in [5, 5.41) is 1.93. The minimum absolute atomic E-state index is 0.120. The second-order valence-corrected chi connectivity index (χ2v) is 13.1. The van der Waals surface area contributed by atoms with Crippen LogP contribution in [-0.4, -0.2) is 41.7 Å². The minimum Gasteiger partial charge on any atom is -0.493 e. The fourth-order valence-electron chi connectivity index (χ4n) is 5.39. The highest BCUT2D eigenvalue weighted by atomic mass is 79.9. The molecule has 4 aromatic rings. The average Bonchev–Trinajstić information content (AvgIpc) is 3.50. The monoisotopic (exact) mass is 719 g/mol. The Balaban J connectivity index is 1.28. The molecule has 9 nitrogen and oxygen atoms in total. The number of anilines is 2. The Kier molecular flexibility index (Phi) is 8.26. The number of nitrogens with one attached hydrogen (secondary N) is 2. The van der Waals surface area contributed by atoms with Crippen LogP contribution in [0.25, 0.3) is 0 Å². The number of carbonyl (C=O) groups excluding carboxylic acids is 3. The summed E-state index contributed by atoms with van der Waals surface area (Å²) >= 11 is 5.46. The van der Waals surface area contributed by atoms with E-state index in [-0.39, 0.29) is 16.4 Å². The number of aromatic nitrogens is 1. The number of imide groups is 1. The van der Waals surface area contributed by atoms with Crippen LogP contribution in [0.3, 0.4) is 0 Å². The Morgan fingerprint density at radius 3 is 2.47 bits per heavy atom. The van der Waals surface area contributed by atoms with Gasteiger partial charge >= 0.3 is 11.0 Å². The fourth-order valence-corrected chi connectivity index (χ4v) is 8.17. The molecule has 3 amide bonds. The minimum atomic E-state index is -4.66. The number of carbonyl (C=O) groups is 3. The molecule has 1 aromatic heterocycles. The normalized spacial score (nSPS) is 19.2. The Morgan fingerprint density at radius 1 is 1.02 bits per heavy atom. The van der Waals surface area contributed by atoms with E-state index in [1.807, 2.05) is 0 Å². The number of rotatable bonds is 7. The summed E-state index contributed by atoms with van der Waals surface area (Å²) in [6, 6.07) is 16.1. The van der Waals surface area contributed by atoms with Gasteiger partial charge in [0.05, 0.1) is 35.0 Å². The molecule has 0 aliphatic carbocycles. The SMILES string of the molecule is COc1cc(C2c3sc(=O)[nH]c3SC3C(=O)N(c4ccc(Br)cc4)C(=O)C32)ccc1OCC(=O)Nc1ccccc1C(F)(F)F. The zero-order valence-electron chi connectivity index (χ0n) is 23.0. The topological polar surface area (TPSA) is 118 Å². The lowest BCUT2D eigenvalue weighted by Crippen LogP contribution is -2.32. The number of halogens is 4. The third-order valence-corrected chi connectivity index (χ3v) is 10.3. The van der Waals surface area contributed by atoms with Gasteiger partial charge in [0.1, 0.15) is 5.25 Å². The Labute approximate surface area is 269 Å². The molecule has 0 saturated carbocycles. The molecule has 0 radical (unpaired) electrons. The first-order valence-electron chi connectivity index (χ1n) is 13.3. The summed E-state index contributed by atoms with van der Waals surface area (Å²) < 4.78 is 51.9. The number of nitrogens with zero attached hydrogens (tertiary/aromatic N) is 1. The van der Waals surface area contributed by atoms with Crippen molar-refractivity contribution in [2.45, 2.75) is 22.4 Å². The fraction of sp³-hybridized carbons (Fsp3) is 0.200. The third-order valence-electron chi connectivity index (χ3n) is 7.32.